The Hall–Kier alpha value is -2.09. The molecule has 4 rings (SSSR count). The van der Waals surface area contributed by atoms with E-state index in [9.17, 15) is 13.2 Å². The lowest BCUT2D eigenvalue weighted by Gasteiger charge is -2.37. The number of benzene rings is 2. The van der Waals surface area contributed by atoms with Crippen molar-refractivity contribution in [2.24, 2.45) is 11.8 Å². The van der Waals surface area contributed by atoms with Crippen molar-refractivity contribution in [3.63, 3.8) is 0 Å². The van der Waals surface area contributed by atoms with Crippen molar-refractivity contribution < 1.29 is 17.9 Å². The van der Waals surface area contributed by atoms with Crippen LogP contribution >= 0.6 is 11.6 Å². The molecule has 2 heterocycles. The molecule has 2 aromatic rings. The molecular weight excluding hydrogens is 448 g/mol. The maximum atomic E-state index is 13.0. The van der Waals surface area contributed by atoms with E-state index < -0.39 is 10.0 Å². The first-order chi connectivity index (χ1) is 15.4. The van der Waals surface area contributed by atoms with Crippen LogP contribution in [0.5, 0.6) is 5.75 Å². The Morgan fingerprint density at radius 1 is 0.906 bits per heavy atom. The van der Waals surface area contributed by atoms with E-state index in [1.54, 1.807) is 12.1 Å². The van der Waals surface area contributed by atoms with Crippen molar-refractivity contribution in [2.45, 2.75) is 30.6 Å². The topological polar surface area (TPSA) is 66.9 Å². The second kappa shape index (κ2) is 10.2. The number of sulfonamides is 1. The molecule has 0 atom stereocenters. The first kappa shape index (κ1) is 23.1. The molecule has 6 nitrogen and oxygen atoms in total. The van der Waals surface area contributed by atoms with Crippen LogP contribution in [-0.4, -0.2) is 56.3 Å². The molecule has 0 unspecified atom stereocenters. The molecule has 1 amide bonds. The van der Waals surface area contributed by atoms with Crippen LogP contribution in [0.2, 0.25) is 5.02 Å². The van der Waals surface area contributed by atoms with Gasteiger partial charge in [0, 0.05) is 37.1 Å². The lowest BCUT2D eigenvalue weighted by Crippen LogP contribution is -2.46. The zero-order valence-electron chi connectivity index (χ0n) is 18.0. The molecule has 0 spiro atoms. The van der Waals surface area contributed by atoms with Gasteiger partial charge in [-0.25, -0.2) is 8.42 Å². The molecule has 2 fully saturated rings. The highest BCUT2D eigenvalue weighted by molar-refractivity contribution is 7.89. The van der Waals surface area contributed by atoms with E-state index in [1.165, 1.54) is 16.4 Å². The molecule has 2 aromatic carbocycles. The summed E-state index contributed by atoms with van der Waals surface area (Å²) in [5, 5.41) is 0.503. The van der Waals surface area contributed by atoms with Gasteiger partial charge in [-0.05, 0) is 68.0 Å². The molecule has 2 aliphatic heterocycles. The normalized spacial score (nSPS) is 19.1. The number of hydrogen-bond donors (Lipinski definition) is 0. The number of carbonyl (C=O) groups is 1. The van der Waals surface area contributed by atoms with Gasteiger partial charge in [-0.15, -0.1) is 0 Å². The first-order valence-corrected chi connectivity index (χ1v) is 13.0. The predicted molar refractivity (Wildman–Crippen MR) is 124 cm³/mol. The summed E-state index contributed by atoms with van der Waals surface area (Å²) in [7, 11) is -3.55. The second-order valence-corrected chi connectivity index (χ2v) is 10.9. The van der Waals surface area contributed by atoms with E-state index >= 15 is 0 Å². The van der Waals surface area contributed by atoms with Gasteiger partial charge in [-0.3, -0.25) is 4.79 Å². The summed E-state index contributed by atoms with van der Waals surface area (Å²) in [5.74, 6) is 1.39. The number of hydrogen-bond acceptors (Lipinski definition) is 4. The minimum atomic E-state index is -3.55. The smallest absolute Gasteiger partial charge is 0.243 e. The molecule has 0 N–H and O–H groups in total. The third-order valence-corrected chi connectivity index (χ3v) is 8.57. The molecule has 0 aliphatic carbocycles. The molecule has 172 valence electrons. The zero-order chi connectivity index (χ0) is 22.6. The number of carbonyl (C=O) groups excluding carboxylic acids is 1. The van der Waals surface area contributed by atoms with Gasteiger partial charge in [0.15, 0.2) is 0 Å². The van der Waals surface area contributed by atoms with Crippen molar-refractivity contribution in [2.75, 3.05) is 32.8 Å². The minimum Gasteiger partial charge on any atom is -0.493 e. The number of piperidine rings is 2. The monoisotopic (exact) mass is 476 g/mol. The van der Waals surface area contributed by atoms with E-state index in [2.05, 4.69) is 0 Å². The van der Waals surface area contributed by atoms with Gasteiger partial charge in [0.1, 0.15) is 5.75 Å². The van der Waals surface area contributed by atoms with Gasteiger partial charge in [-0.2, -0.15) is 4.31 Å². The highest BCUT2D eigenvalue weighted by atomic mass is 35.5. The Morgan fingerprint density at radius 2 is 1.53 bits per heavy atom. The number of para-hydroxylation sites is 1. The summed E-state index contributed by atoms with van der Waals surface area (Å²) in [6.45, 7) is 2.88. The summed E-state index contributed by atoms with van der Waals surface area (Å²) in [4.78, 5) is 15.2. The minimum absolute atomic E-state index is 0.108. The number of likely N-dealkylation sites (tertiary alicyclic amines) is 1. The molecule has 0 radical (unpaired) electrons. The maximum Gasteiger partial charge on any atom is 0.243 e. The summed E-state index contributed by atoms with van der Waals surface area (Å²) in [6.07, 6.45) is 2.98. The number of halogens is 1. The quantitative estimate of drug-likeness (QED) is 0.630. The molecule has 2 aliphatic rings. The number of nitrogens with zero attached hydrogens (tertiary/aromatic N) is 2. The summed E-state index contributed by atoms with van der Waals surface area (Å²) in [6, 6.07) is 16.0. The van der Waals surface area contributed by atoms with Gasteiger partial charge in [0.25, 0.3) is 0 Å². The van der Waals surface area contributed by atoms with Gasteiger partial charge >= 0.3 is 0 Å². The third kappa shape index (κ3) is 5.45. The average molecular weight is 477 g/mol. The molecule has 8 heteroatoms. The van der Waals surface area contributed by atoms with Crippen LogP contribution in [-0.2, 0) is 14.8 Å². The van der Waals surface area contributed by atoms with E-state index in [4.69, 9.17) is 16.3 Å². The van der Waals surface area contributed by atoms with Crippen molar-refractivity contribution in [1.29, 1.82) is 0 Å². The van der Waals surface area contributed by atoms with Gasteiger partial charge in [0.2, 0.25) is 15.9 Å². The van der Waals surface area contributed by atoms with Crippen LogP contribution in [0.4, 0.5) is 0 Å². The highest BCUT2D eigenvalue weighted by Gasteiger charge is 2.34. The maximum absolute atomic E-state index is 13.0. The second-order valence-electron chi connectivity index (χ2n) is 8.52. The van der Waals surface area contributed by atoms with Crippen LogP contribution < -0.4 is 4.74 Å². The molecule has 2 saturated heterocycles. The Kier molecular flexibility index (Phi) is 7.38. The number of amides is 1. The van der Waals surface area contributed by atoms with Crippen LogP contribution in [0.1, 0.15) is 25.7 Å². The summed E-state index contributed by atoms with van der Waals surface area (Å²) < 4.78 is 33.1. The fraction of sp³-hybridized carbons (Fsp3) is 0.458. The molecule has 0 bridgehead atoms. The fourth-order valence-electron chi connectivity index (χ4n) is 4.41. The predicted octanol–water partition coefficient (Wildman–Crippen LogP) is 4.06. The van der Waals surface area contributed by atoms with Gasteiger partial charge in [0.05, 0.1) is 11.5 Å². The number of rotatable bonds is 6. The Morgan fingerprint density at radius 3 is 2.16 bits per heavy atom. The summed E-state index contributed by atoms with van der Waals surface area (Å²) in [5.41, 5.74) is 0. The van der Waals surface area contributed by atoms with E-state index in [0.29, 0.717) is 43.5 Å². The van der Waals surface area contributed by atoms with E-state index in [0.717, 1.165) is 31.7 Å². The SMILES string of the molecule is O=C(C1CCN(S(=O)(=O)c2ccc(Cl)cc2)CC1)N1CCC(COc2ccccc2)CC1. The van der Waals surface area contributed by atoms with Crippen LogP contribution in [0.15, 0.2) is 59.5 Å². The van der Waals surface area contributed by atoms with Crippen LogP contribution in [0.3, 0.4) is 0 Å². The molecule has 0 aromatic heterocycles. The standard InChI is InChI=1S/C24H29ClN2O4S/c25-21-6-8-23(9-7-21)32(29,30)27-16-12-20(13-17-27)24(28)26-14-10-19(11-15-26)18-31-22-4-2-1-3-5-22/h1-9,19-20H,10-18H2. The first-order valence-electron chi connectivity index (χ1n) is 11.2. The lowest BCUT2D eigenvalue weighted by molar-refractivity contribution is -0.138. The average Bonchev–Trinajstić information content (AvgIpc) is 2.84. The van der Waals surface area contributed by atoms with Crippen LogP contribution in [0, 0.1) is 11.8 Å². The van der Waals surface area contributed by atoms with Gasteiger partial charge in [-0.1, -0.05) is 29.8 Å². The van der Waals surface area contributed by atoms with E-state index in [-0.39, 0.29) is 16.7 Å². The fourth-order valence-corrected chi connectivity index (χ4v) is 6.00. The van der Waals surface area contributed by atoms with Crippen molar-refractivity contribution in [1.82, 2.24) is 9.21 Å². The highest BCUT2D eigenvalue weighted by Crippen LogP contribution is 2.28. The summed E-state index contributed by atoms with van der Waals surface area (Å²) >= 11 is 5.87. The lowest BCUT2D eigenvalue weighted by atomic mass is 9.93. The molecular formula is C24H29ClN2O4S. The largest absolute Gasteiger partial charge is 0.493 e. The zero-order valence-corrected chi connectivity index (χ0v) is 19.6. The van der Waals surface area contributed by atoms with E-state index in [1.807, 2.05) is 35.2 Å². The van der Waals surface area contributed by atoms with Crippen molar-refractivity contribution in [3.8, 4) is 5.75 Å². The van der Waals surface area contributed by atoms with Crippen LogP contribution in [0.25, 0.3) is 0 Å². The Labute approximate surface area is 195 Å². The Balaban J connectivity index is 1.24. The Bertz CT molecular complexity index is 998. The van der Waals surface area contributed by atoms with Crippen molar-refractivity contribution >= 4 is 27.5 Å². The third-order valence-electron chi connectivity index (χ3n) is 6.41. The number of ether oxygens (including phenoxy) is 1. The van der Waals surface area contributed by atoms with Crippen molar-refractivity contribution in [3.05, 3.63) is 59.6 Å². The molecule has 32 heavy (non-hydrogen) atoms. The molecule has 0 saturated carbocycles. The van der Waals surface area contributed by atoms with Gasteiger partial charge < -0.3 is 9.64 Å².